The molecule has 0 aliphatic rings. The highest BCUT2D eigenvalue weighted by atomic mass is 35.5. The van der Waals surface area contributed by atoms with Crippen molar-refractivity contribution >= 4 is 27.3 Å². The van der Waals surface area contributed by atoms with E-state index in [2.05, 4.69) is 4.72 Å². The van der Waals surface area contributed by atoms with E-state index in [0.717, 1.165) is 0 Å². The summed E-state index contributed by atoms with van der Waals surface area (Å²) in [5.74, 6) is -0.134. The zero-order chi connectivity index (χ0) is 14.3. The Hall–Kier alpha value is -1.44. The van der Waals surface area contributed by atoms with Gasteiger partial charge >= 0.3 is 0 Å². The van der Waals surface area contributed by atoms with Gasteiger partial charge < -0.3 is 0 Å². The summed E-state index contributed by atoms with van der Waals surface area (Å²) in [6.07, 6.45) is 3.18. The van der Waals surface area contributed by atoms with E-state index >= 15 is 0 Å². The third kappa shape index (κ3) is 5.37. The van der Waals surface area contributed by atoms with Crippen LogP contribution in [0.2, 0.25) is 0 Å². The number of rotatable bonds is 7. The Morgan fingerprint density at radius 2 is 2.00 bits per heavy atom. The van der Waals surface area contributed by atoms with E-state index in [1.807, 2.05) is 0 Å². The fourth-order valence-corrected chi connectivity index (χ4v) is 2.62. The van der Waals surface area contributed by atoms with Crippen LogP contribution in [0.15, 0.2) is 36.4 Å². The van der Waals surface area contributed by atoms with Gasteiger partial charge in [0.05, 0.1) is 10.7 Å². The van der Waals surface area contributed by atoms with E-state index in [1.165, 1.54) is 18.2 Å². The third-order valence-electron chi connectivity index (χ3n) is 2.21. The van der Waals surface area contributed by atoms with Gasteiger partial charge in [-0.05, 0) is 0 Å². The highest BCUT2D eigenvalue weighted by Gasteiger charge is 2.18. The van der Waals surface area contributed by atoms with E-state index in [4.69, 9.17) is 11.6 Å². The van der Waals surface area contributed by atoms with Gasteiger partial charge in [-0.3, -0.25) is 10.1 Å². The fourth-order valence-electron chi connectivity index (χ4n) is 1.39. The molecule has 0 radical (unpaired) electrons. The van der Waals surface area contributed by atoms with Crippen molar-refractivity contribution in [2.24, 2.45) is 0 Å². The smallest absolute Gasteiger partial charge is 0.258 e. The van der Waals surface area contributed by atoms with Gasteiger partial charge in [0, 0.05) is 24.1 Å². The van der Waals surface area contributed by atoms with Crippen molar-refractivity contribution in [3.8, 4) is 0 Å². The number of halogens is 1. The molecule has 0 heterocycles. The molecule has 0 fully saturated rings. The zero-order valence-corrected chi connectivity index (χ0v) is 11.5. The minimum absolute atomic E-state index is 0.107. The molecule has 1 rings (SSSR count). The average Bonchev–Trinajstić information content (AvgIpc) is 2.34. The fraction of sp³-hybridized carbons (Fsp3) is 0.273. The second kappa shape index (κ2) is 7.22. The molecule has 8 heteroatoms. The molecule has 19 heavy (non-hydrogen) atoms. The quantitative estimate of drug-likeness (QED) is 0.360. The Balaban J connectivity index is 2.78. The lowest BCUT2D eigenvalue weighted by Gasteiger charge is -2.05. The first-order valence-electron chi connectivity index (χ1n) is 5.37. The molecular weight excluding hydrogens is 292 g/mol. The van der Waals surface area contributed by atoms with E-state index < -0.39 is 20.7 Å². The lowest BCUT2D eigenvalue weighted by Crippen LogP contribution is -2.25. The molecule has 104 valence electrons. The maximum absolute atomic E-state index is 11.7. The maximum atomic E-state index is 11.7. The molecular formula is C11H13ClN2O4S. The van der Waals surface area contributed by atoms with Crippen LogP contribution in [-0.4, -0.2) is 25.8 Å². The van der Waals surface area contributed by atoms with Crippen LogP contribution in [0.3, 0.4) is 0 Å². The van der Waals surface area contributed by atoms with Gasteiger partial charge in [-0.2, -0.15) is 0 Å². The predicted octanol–water partition coefficient (Wildman–Crippen LogP) is 1.81. The van der Waals surface area contributed by atoms with Crippen LogP contribution in [0.25, 0.3) is 0 Å². The van der Waals surface area contributed by atoms with Crippen molar-refractivity contribution in [1.82, 2.24) is 4.72 Å². The van der Waals surface area contributed by atoms with Crippen LogP contribution in [-0.2, 0) is 15.8 Å². The topological polar surface area (TPSA) is 89.3 Å². The number of hydrogen-bond donors (Lipinski definition) is 1. The lowest BCUT2D eigenvalue weighted by molar-refractivity contribution is -0.385. The molecule has 0 bridgehead atoms. The van der Waals surface area contributed by atoms with Crippen molar-refractivity contribution in [2.45, 2.75) is 5.75 Å². The number of nitro benzene ring substituents is 1. The van der Waals surface area contributed by atoms with E-state index in [-0.39, 0.29) is 17.8 Å². The third-order valence-corrected chi connectivity index (χ3v) is 3.69. The Labute approximate surface area is 116 Å². The van der Waals surface area contributed by atoms with Crippen LogP contribution in [0.5, 0.6) is 0 Å². The molecule has 0 unspecified atom stereocenters. The second-order valence-corrected chi connectivity index (χ2v) is 5.73. The molecule has 6 nitrogen and oxygen atoms in total. The predicted molar refractivity (Wildman–Crippen MR) is 73.6 cm³/mol. The SMILES string of the molecule is O=[N+]([O-])c1ccccc1CS(=O)(=O)NC/C=C/CCl. The maximum Gasteiger partial charge on any atom is 0.273 e. The summed E-state index contributed by atoms with van der Waals surface area (Å²) in [4.78, 5) is 10.2. The lowest BCUT2D eigenvalue weighted by atomic mass is 10.2. The number of benzene rings is 1. The summed E-state index contributed by atoms with van der Waals surface area (Å²) >= 11 is 5.40. The summed E-state index contributed by atoms with van der Waals surface area (Å²) in [6, 6.07) is 5.75. The summed E-state index contributed by atoms with van der Waals surface area (Å²) in [5, 5.41) is 10.8. The van der Waals surface area contributed by atoms with Gasteiger partial charge in [0.2, 0.25) is 10.0 Å². The van der Waals surface area contributed by atoms with E-state index in [0.29, 0.717) is 5.88 Å². The van der Waals surface area contributed by atoms with E-state index in [9.17, 15) is 18.5 Å². The number of nitro groups is 1. The van der Waals surface area contributed by atoms with Crippen molar-refractivity contribution in [1.29, 1.82) is 0 Å². The van der Waals surface area contributed by atoms with Crippen molar-refractivity contribution < 1.29 is 13.3 Å². The zero-order valence-electron chi connectivity index (χ0n) is 9.95. The molecule has 1 aromatic rings. The number of allylic oxidation sites excluding steroid dienone is 1. The molecule has 0 atom stereocenters. The first kappa shape index (κ1) is 15.6. The molecule has 1 N–H and O–H groups in total. The summed E-state index contributed by atoms with van der Waals surface area (Å²) in [5.41, 5.74) is -0.0505. The Bertz CT molecular complexity index is 572. The molecule has 0 saturated carbocycles. The highest BCUT2D eigenvalue weighted by Crippen LogP contribution is 2.19. The van der Waals surface area contributed by atoms with Crippen LogP contribution in [0.4, 0.5) is 5.69 Å². The van der Waals surface area contributed by atoms with Gasteiger partial charge in [-0.15, -0.1) is 11.6 Å². The van der Waals surface area contributed by atoms with E-state index in [1.54, 1.807) is 18.2 Å². The van der Waals surface area contributed by atoms with Crippen molar-refractivity contribution in [3.63, 3.8) is 0 Å². The second-order valence-electron chi connectivity index (χ2n) is 3.62. The first-order valence-corrected chi connectivity index (χ1v) is 7.55. The number of sulfonamides is 1. The first-order chi connectivity index (χ1) is 8.96. The largest absolute Gasteiger partial charge is 0.273 e. The van der Waals surface area contributed by atoms with Crippen LogP contribution in [0.1, 0.15) is 5.56 Å². The van der Waals surface area contributed by atoms with Gasteiger partial charge in [0.25, 0.3) is 5.69 Å². The van der Waals surface area contributed by atoms with Gasteiger partial charge in [-0.1, -0.05) is 30.4 Å². The molecule has 0 aromatic heterocycles. The molecule has 1 aromatic carbocycles. The molecule has 0 amide bonds. The standard InChI is InChI=1S/C11H13ClN2O4S/c12-7-3-4-8-13-19(17,18)9-10-5-1-2-6-11(10)14(15)16/h1-6,13H,7-9H2/b4-3+. The van der Waals surface area contributed by atoms with Gasteiger partial charge in [-0.25, -0.2) is 13.1 Å². The molecule has 0 saturated heterocycles. The van der Waals surface area contributed by atoms with Gasteiger partial charge in [0.1, 0.15) is 0 Å². The summed E-state index contributed by atoms with van der Waals surface area (Å²) in [6.45, 7) is 0.107. The molecule has 0 aliphatic heterocycles. The van der Waals surface area contributed by atoms with Gasteiger partial charge in [0.15, 0.2) is 0 Å². The molecule has 0 aliphatic carbocycles. The minimum atomic E-state index is -3.62. The number of nitrogens with one attached hydrogen (secondary N) is 1. The summed E-state index contributed by atoms with van der Waals surface area (Å²) in [7, 11) is -3.62. The number of nitrogens with zero attached hydrogens (tertiary/aromatic N) is 1. The molecule has 0 spiro atoms. The number of alkyl halides is 1. The Morgan fingerprint density at radius 1 is 1.32 bits per heavy atom. The Kier molecular flexibility index (Phi) is 5.94. The Morgan fingerprint density at radius 3 is 2.63 bits per heavy atom. The van der Waals surface area contributed by atoms with Crippen LogP contribution < -0.4 is 4.72 Å². The van der Waals surface area contributed by atoms with Crippen LogP contribution in [0, 0.1) is 10.1 Å². The minimum Gasteiger partial charge on any atom is -0.258 e. The van der Waals surface area contributed by atoms with Crippen molar-refractivity contribution in [2.75, 3.05) is 12.4 Å². The average molecular weight is 305 g/mol. The monoisotopic (exact) mass is 304 g/mol. The summed E-state index contributed by atoms with van der Waals surface area (Å²) < 4.78 is 25.8. The normalized spacial score (nSPS) is 11.8. The van der Waals surface area contributed by atoms with Crippen molar-refractivity contribution in [3.05, 3.63) is 52.1 Å². The van der Waals surface area contributed by atoms with Crippen LogP contribution >= 0.6 is 11.6 Å². The highest BCUT2D eigenvalue weighted by molar-refractivity contribution is 7.88. The number of hydrogen-bond acceptors (Lipinski definition) is 4. The number of para-hydroxylation sites is 1.